The van der Waals surface area contributed by atoms with E-state index in [0.717, 1.165) is 15.4 Å². The van der Waals surface area contributed by atoms with Crippen molar-refractivity contribution >= 4 is 32.8 Å². The van der Waals surface area contributed by atoms with Crippen LogP contribution in [0.25, 0.3) is 11.0 Å². The Kier molecular flexibility index (Phi) is 5.19. The summed E-state index contributed by atoms with van der Waals surface area (Å²) in [7, 11) is 0. The Labute approximate surface area is 152 Å². The van der Waals surface area contributed by atoms with E-state index in [1.165, 1.54) is 6.07 Å². The van der Waals surface area contributed by atoms with E-state index in [9.17, 15) is 9.59 Å². The third-order valence-corrected chi connectivity index (χ3v) is 4.44. The minimum Gasteiger partial charge on any atom is -0.484 e. The van der Waals surface area contributed by atoms with Gasteiger partial charge in [-0.25, -0.2) is 4.79 Å². The van der Waals surface area contributed by atoms with Gasteiger partial charge < -0.3 is 14.5 Å². The lowest BCUT2D eigenvalue weighted by Crippen LogP contribution is -2.31. The second kappa shape index (κ2) is 7.53. The number of benzene rings is 2. The lowest BCUT2D eigenvalue weighted by atomic mass is 10.1. The van der Waals surface area contributed by atoms with Gasteiger partial charge in [-0.15, -0.1) is 0 Å². The zero-order valence-electron chi connectivity index (χ0n) is 13.5. The fraction of sp³-hybridized carbons (Fsp3) is 0.158. The number of carbonyl (C=O) groups excluding carboxylic acids is 1. The average molecular weight is 402 g/mol. The fourth-order valence-corrected chi connectivity index (χ4v) is 3.09. The first-order valence-corrected chi connectivity index (χ1v) is 8.53. The lowest BCUT2D eigenvalue weighted by Gasteiger charge is -2.16. The molecule has 0 saturated carbocycles. The molecule has 3 aromatic rings. The summed E-state index contributed by atoms with van der Waals surface area (Å²) in [5.74, 6) is 0.225. The SMILES string of the molecule is C[C@H](NC(=O)COc1ccc2ccc(=O)oc2c1)c1ccccc1Br. The van der Waals surface area contributed by atoms with Crippen LogP contribution in [-0.2, 0) is 4.79 Å². The molecule has 1 N–H and O–H groups in total. The van der Waals surface area contributed by atoms with Gasteiger partial charge in [0.2, 0.25) is 0 Å². The number of hydrogen-bond acceptors (Lipinski definition) is 4. The van der Waals surface area contributed by atoms with Crippen LogP contribution in [0.3, 0.4) is 0 Å². The minimum atomic E-state index is -0.426. The van der Waals surface area contributed by atoms with E-state index in [-0.39, 0.29) is 18.6 Å². The molecule has 0 fully saturated rings. The van der Waals surface area contributed by atoms with E-state index in [4.69, 9.17) is 9.15 Å². The summed E-state index contributed by atoms with van der Waals surface area (Å²) in [6, 6.07) is 15.7. The van der Waals surface area contributed by atoms with Crippen LogP contribution in [0, 0.1) is 0 Å². The summed E-state index contributed by atoms with van der Waals surface area (Å²) in [5.41, 5.74) is 0.986. The van der Waals surface area contributed by atoms with E-state index >= 15 is 0 Å². The molecule has 0 bridgehead atoms. The van der Waals surface area contributed by atoms with Crippen molar-refractivity contribution in [3.63, 3.8) is 0 Å². The molecule has 2 aromatic carbocycles. The van der Waals surface area contributed by atoms with Gasteiger partial charge in [0.15, 0.2) is 6.61 Å². The largest absolute Gasteiger partial charge is 0.484 e. The Morgan fingerprint density at radius 3 is 2.76 bits per heavy atom. The number of carbonyl (C=O) groups is 1. The zero-order valence-corrected chi connectivity index (χ0v) is 15.1. The van der Waals surface area contributed by atoms with Crippen LogP contribution in [-0.4, -0.2) is 12.5 Å². The van der Waals surface area contributed by atoms with Gasteiger partial charge in [0.05, 0.1) is 6.04 Å². The van der Waals surface area contributed by atoms with Crippen molar-refractivity contribution in [1.82, 2.24) is 5.32 Å². The summed E-state index contributed by atoms with van der Waals surface area (Å²) in [6.07, 6.45) is 0. The second-order valence-corrected chi connectivity index (χ2v) is 6.41. The van der Waals surface area contributed by atoms with Gasteiger partial charge in [0, 0.05) is 22.0 Å². The number of ether oxygens (including phenoxy) is 1. The van der Waals surface area contributed by atoms with Crippen molar-refractivity contribution in [2.75, 3.05) is 6.61 Å². The molecule has 6 heteroatoms. The van der Waals surface area contributed by atoms with Crippen LogP contribution < -0.4 is 15.7 Å². The Morgan fingerprint density at radius 2 is 1.96 bits per heavy atom. The van der Waals surface area contributed by atoms with E-state index in [1.54, 1.807) is 24.3 Å². The topological polar surface area (TPSA) is 68.5 Å². The summed E-state index contributed by atoms with van der Waals surface area (Å²) < 4.78 is 11.5. The average Bonchev–Trinajstić information content (AvgIpc) is 2.59. The normalized spacial score (nSPS) is 11.9. The summed E-state index contributed by atoms with van der Waals surface area (Å²) in [4.78, 5) is 23.4. The Bertz CT molecular complexity index is 967. The molecule has 0 spiro atoms. The first kappa shape index (κ1) is 17.2. The van der Waals surface area contributed by atoms with Crippen molar-refractivity contribution < 1.29 is 13.9 Å². The maximum absolute atomic E-state index is 12.1. The van der Waals surface area contributed by atoms with Gasteiger partial charge in [-0.1, -0.05) is 34.1 Å². The molecule has 0 aliphatic carbocycles. The molecule has 0 aliphatic heterocycles. The third-order valence-electron chi connectivity index (χ3n) is 3.71. The molecule has 0 radical (unpaired) electrons. The number of amides is 1. The van der Waals surface area contributed by atoms with Crippen LogP contribution in [0.2, 0.25) is 0 Å². The van der Waals surface area contributed by atoms with Crippen LogP contribution >= 0.6 is 15.9 Å². The maximum Gasteiger partial charge on any atom is 0.336 e. The predicted octanol–water partition coefficient (Wildman–Crippen LogP) is 3.81. The number of halogens is 1. The first-order valence-electron chi connectivity index (χ1n) is 7.73. The molecule has 1 atom stereocenters. The molecule has 25 heavy (non-hydrogen) atoms. The van der Waals surface area contributed by atoms with Crippen molar-refractivity contribution in [2.24, 2.45) is 0 Å². The number of hydrogen-bond donors (Lipinski definition) is 1. The Balaban J connectivity index is 1.62. The van der Waals surface area contributed by atoms with Gasteiger partial charge in [-0.05, 0) is 36.8 Å². The highest BCUT2D eigenvalue weighted by molar-refractivity contribution is 9.10. The lowest BCUT2D eigenvalue weighted by molar-refractivity contribution is -0.123. The van der Waals surface area contributed by atoms with Gasteiger partial charge >= 0.3 is 5.63 Å². The molecule has 0 aliphatic rings. The van der Waals surface area contributed by atoms with Crippen molar-refractivity contribution in [1.29, 1.82) is 0 Å². The maximum atomic E-state index is 12.1. The molecule has 3 rings (SSSR count). The molecule has 5 nitrogen and oxygen atoms in total. The van der Waals surface area contributed by atoms with Crippen LogP contribution in [0.1, 0.15) is 18.5 Å². The number of rotatable bonds is 5. The highest BCUT2D eigenvalue weighted by Crippen LogP contribution is 2.23. The van der Waals surface area contributed by atoms with Gasteiger partial charge in [-0.2, -0.15) is 0 Å². The summed E-state index contributed by atoms with van der Waals surface area (Å²) >= 11 is 3.47. The van der Waals surface area contributed by atoms with Crippen LogP contribution in [0.4, 0.5) is 0 Å². The second-order valence-electron chi connectivity index (χ2n) is 5.55. The van der Waals surface area contributed by atoms with E-state index in [2.05, 4.69) is 21.2 Å². The minimum absolute atomic E-state index is 0.128. The molecule has 1 aromatic heterocycles. The summed E-state index contributed by atoms with van der Waals surface area (Å²) in [6.45, 7) is 1.78. The van der Waals surface area contributed by atoms with Gasteiger partial charge in [-0.3, -0.25) is 4.79 Å². The molecular weight excluding hydrogens is 386 g/mol. The van der Waals surface area contributed by atoms with Crippen molar-refractivity contribution in [3.8, 4) is 5.75 Å². The molecule has 128 valence electrons. The zero-order chi connectivity index (χ0) is 17.8. The first-order chi connectivity index (χ1) is 12.0. The van der Waals surface area contributed by atoms with Gasteiger partial charge in [0.1, 0.15) is 11.3 Å². The van der Waals surface area contributed by atoms with Crippen molar-refractivity contribution in [3.05, 3.63) is 75.1 Å². The molecule has 0 unspecified atom stereocenters. The number of fused-ring (bicyclic) bond motifs is 1. The monoisotopic (exact) mass is 401 g/mol. The van der Waals surface area contributed by atoms with Crippen LogP contribution in [0.15, 0.2) is 68.3 Å². The van der Waals surface area contributed by atoms with Crippen molar-refractivity contribution in [2.45, 2.75) is 13.0 Å². The van der Waals surface area contributed by atoms with Gasteiger partial charge in [0.25, 0.3) is 5.91 Å². The standard InChI is InChI=1S/C19H16BrNO4/c1-12(15-4-2-3-5-16(15)20)21-18(22)11-24-14-8-6-13-7-9-19(23)25-17(13)10-14/h2-10,12H,11H2,1H3,(H,21,22)/t12-/m0/s1. The fourth-order valence-electron chi connectivity index (χ4n) is 2.47. The van der Waals surface area contributed by atoms with E-state index < -0.39 is 5.63 Å². The number of nitrogens with one attached hydrogen (secondary N) is 1. The molecule has 0 saturated heterocycles. The highest BCUT2D eigenvalue weighted by atomic mass is 79.9. The third kappa shape index (κ3) is 4.28. The smallest absolute Gasteiger partial charge is 0.336 e. The molecule has 1 heterocycles. The highest BCUT2D eigenvalue weighted by Gasteiger charge is 2.12. The Morgan fingerprint density at radius 1 is 1.20 bits per heavy atom. The Hall–Kier alpha value is -2.60. The van der Waals surface area contributed by atoms with E-state index in [1.807, 2.05) is 31.2 Å². The molecule has 1 amide bonds. The summed E-state index contributed by atoms with van der Waals surface area (Å²) in [5, 5.41) is 3.68. The molecular formula is C19H16BrNO4. The van der Waals surface area contributed by atoms with E-state index in [0.29, 0.717) is 11.3 Å². The predicted molar refractivity (Wildman–Crippen MR) is 98.7 cm³/mol. The quantitative estimate of drug-likeness (QED) is 0.659. The van der Waals surface area contributed by atoms with Crippen LogP contribution in [0.5, 0.6) is 5.75 Å².